The number of halogens is 1. The van der Waals surface area contributed by atoms with E-state index < -0.39 is 10.0 Å². The average Bonchev–Trinajstić information content (AvgIpc) is 3.19. The number of aryl methyl sites for hydroxylation is 2. The van der Waals surface area contributed by atoms with Gasteiger partial charge in [0.15, 0.2) is 10.3 Å². The highest BCUT2D eigenvalue weighted by Crippen LogP contribution is 2.37. The lowest BCUT2D eigenvalue weighted by Crippen LogP contribution is -2.26. The minimum atomic E-state index is -3.82. The van der Waals surface area contributed by atoms with Crippen LogP contribution in [0.2, 0.25) is 5.02 Å². The topological polar surface area (TPSA) is 104 Å². The molecule has 2 heterocycles. The number of rotatable bonds is 7. The molecule has 11 heteroatoms. The summed E-state index contributed by atoms with van der Waals surface area (Å²) in [7, 11) is -3.82. The van der Waals surface area contributed by atoms with Crippen molar-refractivity contribution < 1.29 is 13.5 Å². The third-order valence-corrected chi connectivity index (χ3v) is 7.41. The predicted octanol–water partition coefficient (Wildman–Crippen LogP) is 3.55. The quantitative estimate of drug-likeness (QED) is 0.514. The second-order valence-corrected chi connectivity index (χ2v) is 9.98. The van der Waals surface area contributed by atoms with Gasteiger partial charge in [0.25, 0.3) is 0 Å². The molecule has 1 aromatic carbocycles. The number of thiazole rings is 2. The maximum absolute atomic E-state index is 12.4. The highest BCUT2D eigenvalue weighted by Gasteiger charge is 2.20. The van der Waals surface area contributed by atoms with Gasteiger partial charge in [-0.15, -0.1) is 11.3 Å². The van der Waals surface area contributed by atoms with Gasteiger partial charge in [0, 0.05) is 17.6 Å². The molecule has 0 atom stereocenters. The first-order valence-corrected chi connectivity index (χ1v) is 11.4. The first-order valence-electron chi connectivity index (χ1n) is 7.87. The molecule has 7 nitrogen and oxygen atoms in total. The molecular weight excluding hydrogens is 428 g/mol. The maximum Gasteiger partial charge on any atom is 0.242 e. The molecule has 0 amide bonds. The van der Waals surface area contributed by atoms with Crippen LogP contribution in [-0.4, -0.2) is 36.6 Å². The Morgan fingerprint density at radius 1 is 1.22 bits per heavy atom. The van der Waals surface area contributed by atoms with Crippen LogP contribution in [0, 0.1) is 13.8 Å². The summed E-state index contributed by atoms with van der Waals surface area (Å²) in [4.78, 5) is 10.6. The Morgan fingerprint density at radius 2 is 2.00 bits per heavy atom. The van der Waals surface area contributed by atoms with E-state index in [1.165, 1.54) is 28.7 Å². The zero-order valence-electron chi connectivity index (χ0n) is 14.5. The summed E-state index contributed by atoms with van der Waals surface area (Å²) < 4.78 is 27.1. The van der Waals surface area contributed by atoms with Crippen molar-refractivity contribution in [2.24, 2.45) is 0 Å². The van der Waals surface area contributed by atoms with Crippen molar-refractivity contribution in [2.75, 3.05) is 18.5 Å². The van der Waals surface area contributed by atoms with Crippen LogP contribution in [0.4, 0.5) is 10.3 Å². The van der Waals surface area contributed by atoms with Crippen LogP contribution in [0.3, 0.4) is 0 Å². The standard InChI is InChI=1S/C16H17ClN4O3S3/c1-9-8-18-15(25-9)21-16-20-10(2)14(26-16)11-3-4-12(17)13(7-11)27(23,24)19-5-6-22/h3-4,7-8,19,22H,5-6H2,1-2H3,(H,18,20,21). The van der Waals surface area contributed by atoms with E-state index >= 15 is 0 Å². The Balaban J connectivity index is 1.94. The van der Waals surface area contributed by atoms with Crippen molar-refractivity contribution >= 4 is 54.6 Å². The number of nitrogens with zero attached hydrogens (tertiary/aromatic N) is 2. The van der Waals surface area contributed by atoms with Gasteiger partial charge in [0.05, 0.1) is 22.2 Å². The smallest absolute Gasteiger partial charge is 0.242 e. The van der Waals surface area contributed by atoms with Gasteiger partial charge in [-0.25, -0.2) is 23.1 Å². The minimum absolute atomic E-state index is 0.0343. The number of aliphatic hydroxyl groups excluding tert-OH is 1. The van der Waals surface area contributed by atoms with E-state index in [9.17, 15) is 8.42 Å². The molecule has 0 aliphatic rings. The third-order valence-electron chi connectivity index (χ3n) is 3.52. The highest BCUT2D eigenvalue weighted by atomic mass is 35.5. The van der Waals surface area contributed by atoms with Crippen molar-refractivity contribution in [3.63, 3.8) is 0 Å². The Morgan fingerprint density at radius 3 is 2.67 bits per heavy atom. The van der Waals surface area contributed by atoms with Gasteiger partial charge in [0.1, 0.15) is 4.90 Å². The summed E-state index contributed by atoms with van der Waals surface area (Å²) in [5, 5.41) is 13.6. The van der Waals surface area contributed by atoms with Gasteiger partial charge in [-0.1, -0.05) is 29.0 Å². The fourth-order valence-corrected chi connectivity index (χ4v) is 5.56. The van der Waals surface area contributed by atoms with E-state index in [1.54, 1.807) is 18.3 Å². The summed E-state index contributed by atoms with van der Waals surface area (Å²) >= 11 is 9.02. The van der Waals surface area contributed by atoms with Crippen molar-refractivity contribution in [3.05, 3.63) is 40.0 Å². The second-order valence-electron chi connectivity index (χ2n) is 5.60. The van der Waals surface area contributed by atoms with E-state index in [1.807, 2.05) is 13.8 Å². The normalized spacial score (nSPS) is 11.7. The van der Waals surface area contributed by atoms with E-state index in [2.05, 4.69) is 20.0 Å². The first kappa shape index (κ1) is 20.2. The molecule has 2 aromatic heterocycles. The zero-order chi connectivity index (χ0) is 19.6. The lowest BCUT2D eigenvalue weighted by atomic mass is 10.2. The van der Waals surface area contributed by atoms with Crippen LogP contribution in [0.15, 0.2) is 29.3 Å². The molecule has 3 N–H and O–H groups in total. The second kappa shape index (κ2) is 8.21. The number of hydrogen-bond acceptors (Lipinski definition) is 8. The van der Waals surface area contributed by atoms with Crippen LogP contribution in [0.1, 0.15) is 10.6 Å². The van der Waals surface area contributed by atoms with E-state index in [-0.39, 0.29) is 23.1 Å². The van der Waals surface area contributed by atoms with Crippen LogP contribution in [0.5, 0.6) is 0 Å². The Bertz CT molecular complexity index is 1060. The molecule has 0 unspecified atom stereocenters. The number of aromatic nitrogens is 2. The van der Waals surface area contributed by atoms with E-state index in [4.69, 9.17) is 16.7 Å². The Hall–Kier alpha value is -1.56. The Labute approximate surface area is 170 Å². The molecule has 0 fully saturated rings. The number of benzene rings is 1. The molecular formula is C16H17ClN4O3S3. The number of anilines is 2. The van der Waals surface area contributed by atoms with Crippen molar-refractivity contribution in [2.45, 2.75) is 18.7 Å². The molecule has 0 saturated carbocycles. The van der Waals surface area contributed by atoms with Gasteiger partial charge >= 0.3 is 0 Å². The summed E-state index contributed by atoms with van der Waals surface area (Å²) in [6.45, 7) is 3.46. The lowest BCUT2D eigenvalue weighted by Gasteiger charge is -2.09. The summed E-state index contributed by atoms with van der Waals surface area (Å²) in [5.41, 5.74) is 1.46. The molecule has 3 rings (SSSR count). The van der Waals surface area contributed by atoms with Gasteiger partial charge in [-0.05, 0) is 31.5 Å². The van der Waals surface area contributed by atoms with E-state index in [0.29, 0.717) is 10.7 Å². The summed E-state index contributed by atoms with van der Waals surface area (Å²) in [5.74, 6) is 0. The molecule has 144 valence electrons. The molecule has 0 bridgehead atoms. The number of hydrogen-bond donors (Lipinski definition) is 3. The van der Waals surface area contributed by atoms with Crippen LogP contribution in [-0.2, 0) is 10.0 Å². The molecule has 0 aliphatic heterocycles. The van der Waals surface area contributed by atoms with Gasteiger partial charge in [-0.2, -0.15) is 0 Å². The summed E-state index contributed by atoms with van der Waals surface area (Å²) in [6.07, 6.45) is 1.78. The largest absolute Gasteiger partial charge is 0.395 e. The number of sulfonamides is 1. The number of aliphatic hydroxyl groups is 1. The molecule has 0 saturated heterocycles. The molecule has 27 heavy (non-hydrogen) atoms. The first-order chi connectivity index (χ1) is 12.8. The van der Waals surface area contributed by atoms with Crippen molar-refractivity contribution in [3.8, 4) is 10.4 Å². The third kappa shape index (κ3) is 4.65. The monoisotopic (exact) mass is 444 g/mol. The lowest BCUT2D eigenvalue weighted by molar-refractivity contribution is 0.301. The van der Waals surface area contributed by atoms with Gasteiger partial charge in [0.2, 0.25) is 10.0 Å². The van der Waals surface area contributed by atoms with Gasteiger partial charge in [-0.3, -0.25) is 0 Å². The van der Waals surface area contributed by atoms with Crippen molar-refractivity contribution in [1.29, 1.82) is 0 Å². The zero-order valence-corrected chi connectivity index (χ0v) is 17.7. The molecule has 0 spiro atoms. The van der Waals surface area contributed by atoms with Crippen molar-refractivity contribution in [1.82, 2.24) is 14.7 Å². The van der Waals surface area contributed by atoms with Crippen LogP contribution >= 0.6 is 34.3 Å². The SMILES string of the molecule is Cc1cnc(Nc2nc(C)c(-c3ccc(Cl)c(S(=O)(=O)NCCO)c3)s2)s1. The minimum Gasteiger partial charge on any atom is -0.395 e. The highest BCUT2D eigenvalue weighted by molar-refractivity contribution is 7.89. The number of nitrogens with one attached hydrogen (secondary N) is 2. The predicted molar refractivity (Wildman–Crippen MR) is 110 cm³/mol. The molecule has 0 aliphatic carbocycles. The molecule has 0 radical (unpaired) electrons. The van der Waals surface area contributed by atoms with Crippen LogP contribution in [0.25, 0.3) is 10.4 Å². The van der Waals surface area contributed by atoms with Gasteiger partial charge < -0.3 is 10.4 Å². The maximum atomic E-state index is 12.4. The van der Waals surface area contributed by atoms with Crippen LogP contribution < -0.4 is 10.0 Å². The fraction of sp³-hybridized carbons (Fsp3) is 0.250. The Kier molecular flexibility index (Phi) is 6.14. The summed E-state index contributed by atoms with van der Waals surface area (Å²) in [6, 6.07) is 4.81. The van der Waals surface area contributed by atoms with E-state index in [0.717, 1.165) is 20.6 Å². The molecule has 3 aromatic rings. The average molecular weight is 445 g/mol. The fourth-order valence-electron chi connectivity index (χ4n) is 2.33.